The number of rotatable bonds is 5. The van der Waals surface area contributed by atoms with Crippen LogP contribution in [-0.2, 0) is 20.8 Å². The third-order valence-corrected chi connectivity index (χ3v) is 9.04. The minimum Gasteiger partial charge on any atom is -0.508 e. The number of benzene rings is 1. The van der Waals surface area contributed by atoms with E-state index >= 15 is 0 Å². The van der Waals surface area contributed by atoms with Crippen LogP contribution in [0.1, 0.15) is 27.2 Å². The second kappa shape index (κ2) is 9.72. The van der Waals surface area contributed by atoms with Gasteiger partial charge in [0.15, 0.2) is 11.4 Å². The Kier molecular flexibility index (Phi) is 6.71. The number of phenols is 1. The second-order valence-corrected chi connectivity index (χ2v) is 11.9. The molecule has 2 unspecified atom stereocenters. The van der Waals surface area contributed by atoms with Gasteiger partial charge in [0.05, 0.1) is 22.2 Å². The number of Topliss-reactive ketones (excluding diaryl/α,β-unsaturated/α-hetero) is 2. The number of ketones is 2. The van der Waals surface area contributed by atoms with Gasteiger partial charge >= 0.3 is 0 Å². The number of hydrogen-bond donors (Lipinski definition) is 6. The van der Waals surface area contributed by atoms with Gasteiger partial charge in [0.1, 0.15) is 22.8 Å². The molecule has 1 aromatic heterocycles. The number of aliphatic hydroxyl groups excluding tert-OH is 2. The number of carbonyl (C=O) groups excluding carboxylic acids is 4. The Labute approximate surface area is 239 Å². The first-order valence-electron chi connectivity index (χ1n) is 12.8. The molecule has 13 heteroatoms. The number of anilines is 2. The molecule has 12 nitrogen and oxygen atoms in total. The van der Waals surface area contributed by atoms with Gasteiger partial charge in [-0.05, 0) is 55.9 Å². The molecule has 1 heterocycles. The normalized spacial score (nSPS) is 25.6. The largest absolute Gasteiger partial charge is 0.508 e. The van der Waals surface area contributed by atoms with Crippen molar-refractivity contribution in [3.8, 4) is 5.75 Å². The zero-order valence-electron chi connectivity index (χ0n) is 22.8. The monoisotopic (exact) mass is 582 g/mol. The van der Waals surface area contributed by atoms with E-state index in [0.717, 1.165) is 0 Å². The van der Waals surface area contributed by atoms with E-state index in [2.05, 4.69) is 5.32 Å². The fourth-order valence-electron chi connectivity index (χ4n) is 6.38. The summed E-state index contributed by atoms with van der Waals surface area (Å²) < 4.78 is 0. The van der Waals surface area contributed by atoms with Crippen molar-refractivity contribution in [3.63, 3.8) is 0 Å². The lowest BCUT2D eigenvalue weighted by Crippen LogP contribution is -2.65. The molecule has 1 fully saturated rings. The molecular weight excluding hydrogens is 552 g/mol. The van der Waals surface area contributed by atoms with Gasteiger partial charge in [-0.1, -0.05) is 6.07 Å². The van der Waals surface area contributed by atoms with Crippen LogP contribution in [0.15, 0.2) is 40.5 Å². The Morgan fingerprint density at radius 1 is 1.15 bits per heavy atom. The van der Waals surface area contributed by atoms with Crippen LogP contribution in [0.2, 0.25) is 0 Å². The van der Waals surface area contributed by atoms with Gasteiger partial charge in [-0.2, -0.15) is 0 Å². The molecule has 216 valence electrons. The summed E-state index contributed by atoms with van der Waals surface area (Å²) in [6, 6.07) is 3.72. The van der Waals surface area contributed by atoms with Crippen LogP contribution in [-0.4, -0.2) is 88.5 Å². The molecular formula is C28H30N4O8S. The number of thiophene rings is 1. The highest BCUT2D eigenvalue weighted by Crippen LogP contribution is 2.54. The Bertz CT molecular complexity index is 1580. The Morgan fingerprint density at radius 2 is 1.83 bits per heavy atom. The zero-order chi connectivity index (χ0) is 30.1. The number of likely N-dealkylation sites (N-methyl/N-ethyl adjacent to an activating group) is 1. The molecule has 2 aromatic rings. The highest BCUT2D eigenvalue weighted by molar-refractivity contribution is 7.12. The number of amides is 2. The van der Waals surface area contributed by atoms with E-state index in [0.29, 0.717) is 16.1 Å². The molecule has 3 aliphatic rings. The van der Waals surface area contributed by atoms with Crippen molar-refractivity contribution in [2.24, 2.45) is 17.6 Å². The third-order valence-electron chi connectivity index (χ3n) is 8.17. The summed E-state index contributed by atoms with van der Waals surface area (Å²) in [7, 11) is 6.58. The SMILES string of the molecule is CN(C)c1cc(NC(=O)c2cccs2)c(O)c2c1CC1CC3[C@H](N(C)C)C(=O)C(C(N)=O)=C(O)[C@@]3(O)C(=O)C1=C2O. The van der Waals surface area contributed by atoms with Crippen molar-refractivity contribution in [1.29, 1.82) is 0 Å². The van der Waals surface area contributed by atoms with Crippen molar-refractivity contribution in [1.82, 2.24) is 4.90 Å². The number of aliphatic hydroxyl groups is 3. The summed E-state index contributed by atoms with van der Waals surface area (Å²) in [5, 5.41) is 49.9. The van der Waals surface area contributed by atoms with Crippen molar-refractivity contribution in [2.45, 2.75) is 24.5 Å². The molecule has 1 aromatic carbocycles. The molecule has 2 amide bonds. The molecule has 0 saturated heterocycles. The maximum absolute atomic E-state index is 14.0. The van der Waals surface area contributed by atoms with Crippen LogP contribution in [0.3, 0.4) is 0 Å². The first-order valence-corrected chi connectivity index (χ1v) is 13.7. The van der Waals surface area contributed by atoms with Gasteiger partial charge in [-0.25, -0.2) is 0 Å². The highest BCUT2D eigenvalue weighted by Gasteiger charge is 2.64. The van der Waals surface area contributed by atoms with Crippen LogP contribution in [0.25, 0.3) is 5.76 Å². The first-order chi connectivity index (χ1) is 19.2. The van der Waals surface area contributed by atoms with Crippen molar-refractivity contribution >= 4 is 51.9 Å². The minimum absolute atomic E-state index is 0.00834. The van der Waals surface area contributed by atoms with Gasteiger partial charge in [0, 0.05) is 31.3 Å². The molecule has 0 spiro atoms. The average Bonchev–Trinajstić information content (AvgIpc) is 3.42. The van der Waals surface area contributed by atoms with Crippen LogP contribution >= 0.6 is 11.3 Å². The lowest BCUT2D eigenvalue weighted by atomic mass is 9.57. The quantitative estimate of drug-likeness (QED) is 0.221. The van der Waals surface area contributed by atoms with Gasteiger partial charge in [-0.3, -0.25) is 24.1 Å². The molecule has 4 atom stereocenters. The van der Waals surface area contributed by atoms with Gasteiger partial charge in [0.25, 0.3) is 11.8 Å². The number of hydrogen-bond acceptors (Lipinski definition) is 11. The van der Waals surface area contributed by atoms with E-state index in [4.69, 9.17) is 5.73 Å². The number of fused-ring (bicyclic) bond motifs is 3. The molecule has 5 rings (SSSR count). The van der Waals surface area contributed by atoms with Gasteiger partial charge in [-0.15, -0.1) is 11.3 Å². The van der Waals surface area contributed by atoms with E-state index < -0.39 is 69.7 Å². The van der Waals surface area contributed by atoms with Gasteiger partial charge in [0.2, 0.25) is 5.78 Å². The standard InChI is InChI=1S/C28H30N4O8S/c1-31(2)15-10-14(30-27(39)16-6-5-7-41-16)21(33)18-12(15)8-11-9-13-20(32(3)4)23(35)19(26(29)38)25(37)28(13,40)24(36)17(11)22(18)34/h5-7,10-11,13,20,33-34,37,40H,8-9H2,1-4H3,(H2,29,38)(H,30,39)/t11?,13?,20-,28-/m0/s1. The summed E-state index contributed by atoms with van der Waals surface area (Å²) >= 11 is 1.20. The molecule has 7 N–H and O–H groups in total. The summed E-state index contributed by atoms with van der Waals surface area (Å²) in [5.74, 6) is -7.83. The number of nitrogens with two attached hydrogens (primary N) is 1. The fraction of sp³-hybridized carbons (Fsp3) is 0.357. The highest BCUT2D eigenvalue weighted by atomic mass is 32.1. The number of primary amides is 1. The van der Waals surface area contributed by atoms with E-state index in [1.54, 1.807) is 56.7 Å². The summed E-state index contributed by atoms with van der Waals surface area (Å²) in [4.78, 5) is 55.8. The van der Waals surface area contributed by atoms with Crippen molar-refractivity contribution in [3.05, 3.63) is 56.5 Å². The van der Waals surface area contributed by atoms with Crippen LogP contribution in [0.5, 0.6) is 5.75 Å². The smallest absolute Gasteiger partial charge is 0.265 e. The number of nitrogens with zero attached hydrogens (tertiary/aromatic N) is 2. The fourth-order valence-corrected chi connectivity index (χ4v) is 7.00. The number of aromatic hydroxyl groups is 1. The Morgan fingerprint density at radius 3 is 2.39 bits per heavy atom. The number of nitrogens with one attached hydrogen (secondary N) is 1. The predicted octanol–water partition coefficient (Wildman–Crippen LogP) is 1.34. The third kappa shape index (κ3) is 4.03. The maximum Gasteiger partial charge on any atom is 0.265 e. The van der Waals surface area contributed by atoms with E-state index in [1.807, 2.05) is 0 Å². The molecule has 1 saturated carbocycles. The minimum atomic E-state index is -2.73. The number of carbonyl (C=O) groups is 4. The van der Waals surface area contributed by atoms with Crippen molar-refractivity contribution < 1.29 is 39.6 Å². The van der Waals surface area contributed by atoms with Crippen LogP contribution < -0.4 is 16.0 Å². The second-order valence-electron chi connectivity index (χ2n) is 10.9. The predicted molar refractivity (Wildman–Crippen MR) is 151 cm³/mol. The molecule has 41 heavy (non-hydrogen) atoms. The lowest BCUT2D eigenvalue weighted by molar-refractivity contribution is -0.153. The summed E-state index contributed by atoms with van der Waals surface area (Å²) in [5.41, 5.74) is 2.44. The van der Waals surface area contributed by atoms with Crippen LogP contribution in [0.4, 0.5) is 11.4 Å². The van der Waals surface area contributed by atoms with E-state index in [1.165, 1.54) is 16.2 Å². The molecule has 0 aliphatic heterocycles. The lowest BCUT2D eigenvalue weighted by Gasteiger charge is -2.50. The molecule has 3 aliphatic carbocycles. The summed E-state index contributed by atoms with van der Waals surface area (Å²) in [6.07, 6.45) is 0.116. The maximum atomic E-state index is 14.0. The van der Waals surface area contributed by atoms with Crippen LogP contribution in [0, 0.1) is 11.8 Å². The molecule has 0 radical (unpaired) electrons. The van der Waals surface area contributed by atoms with E-state index in [9.17, 15) is 39.6 Å². The summed E-state index contributed by atoms with van der Waals surface area (Å²) in [6.45, 7) is 0. The van der Waals surface area contributed by atoms with E-state index in [-0.39, 0.29) is 29.7 Å². The zero-order valence-corrected chi connectivity index (χ0v) is 23.6. The first kappa shape index (κ1) is 28.3. The molecule has 0 bridgehead atoms. The number of phenolic OH excluding ortho intramolecular Hbond substituents is 1. The van der Waals surface area contributed by atoms with Crippen molar-refractivity contribution in [2.75, 3.05) is 38.4 Å². The topological polar surface area (TPSA) is 194 Å². The average molecular weight is 583 g/mol. The Hall–Kier alpha value is -4.20. The van der Waals surface area contributed by atoms with Gasteiger partial charge < -0.3 is 36.4 Å². The Balaban J connectivity index is 1.71.